The van der Waals surface area contributed by atoms with E-state index in [1.54, 1.807) is 0 Å². The highest BCUT2D eigenvalue weighted by Gasteiger charge is 2.20. The van der Waals surface area contributed by atoms with Crippen LogP contribution in [0.5, 0.6) is 5.75 Å². The molecule has 1 heterocycles. The lowest BCUT2D eigenvalue weighted by Gasteiger charge is -2.28. The van der Waals surface area contributed by atoms with Crippen molar-refractivity contribution in [3.8, 4) is 5.75 Å². The Morgan fingerprint density at radius 1 is 1.20 bits per heavy atom. The van der Waals surface area contributed by atoms with Gasteiger partial charge in [0, 0.05) is 17.6 Å². The van der Waals surface area contributed by atoms with E-state index in [1.807, 2.05) is 30.3 Å². The lowest BCUT2D eigenvalue weighted by molar-refractivity contribution is 0.287. The van der Waals surface area contributed by atoms with Gasteiger partial charge >= 0.3 is 0 Å². The number of anilines is 1. The third-order valence-corrected chi connectivity index (χ3v) is 4.94. The number of para-hydroxylation sites is 1. The average Bonchev–Trinajstić information content (AvgIpc) is 2.66. The van der Waals surface area contributed by atoms with E-state index in [9.17, 15) is 0 Å². The minimum atomic E-state index is 0.311. The Labute approximate surface area is 151 Å². The van der Waals surface area contributed by atoms with E-state index in [0.29, 0.717) is 12.0 Å². The van der Waals surface area contributed by atoms with Gasteiger partial charge in [0.2, 0.25) is 0 Å². The SMILES string of the molecule is C=C(Nc1ccccc1)NC(CC)C(C)c1ccc2c(c1)OCCC2. The standard InChI is InChI=1S/C22H28N2O/c1-4-21(24-17(3)23-20-10-6-5-7-11-20)16(2)19-13-12-18-9-8-14-25-22(18)15-19/h5-7,10-13,15-16,21,23-24H,3-4,8-9,14H2,1-2H3. The van der Waals surface area contributed by atoms with Gasteiger partial charge in [0.1, 0.15) is 5.75 Å². The van der Waals surface area contributed by atoms with Crippen LogP contribution >= 0.6 is 0 Å². The van der Waals surface area contributed by atoms with Gasteiger partial charge in [-0.2, -0.15) is 0 Å². The minimum Gasteiger partial charge on any atom is -0.493 e. The van der Waals surface area contributed by atoms with Crippen LogP contribution in [0.1, 0.15) is 43.7 Å². The first kappa shape index (κ1) is 17.4. The van der Waals surface area contributed by atoms with Gasteiger partial charge in [-0.05, 0) is 48.6 Å². The first-order valence-corrected chi connectivity index (χ1v) is 9.20. The lowest BCUT2D eigenvalue weighted by Crippen LogP contribution is -2.34. The van der Waals surface area contributed by atoms with Gasteiger partial charge in [-0.15, -0.1) is 0 Å². The maximum Gasteiger partial charge on any atom is 0.122 e. The molecule has 2 aromatic carbocycles. The molecule has 0 bridgehead atoms. The van der Waals surface area contributed by atoms with Gasteiger partial charge in [0.25, 0.3) is 0 Å². The molecule has 0 radical (unpaired) electrons. The highest BCUT2D eigenvalue weighted by atomic mass is 16.5. The predicted octanol–water partition coefficient (Wildman–Crippen LogP) is 5.07. The van der Waals surface area contributed by atoms with Crippen molar-refractivity contribution in [2.24, 2.45) is 0 Å². The van der Waals surface area contributed by atoms with Gasteiger partial charge in [-0.1, -0.05) is 50.8 Å². The summed E-state index contributed by atoms with van der Waals surface area (Å²) < 4.78 is 5.84. The predicted molar refractivity (Wildman–Crippen MR) is 105 cm³/mol. The van der Waals surface area contributed by atoms with Gasteiger partial charge < -0.3 is 15.4 Å². The van der Waals surface area contributed by atoms with Crippen LogP contribution in [0.2, 0.25) is 0 Å². The van der Waals surface area contributed by atoms with Crippen molar-refractivity contribution in [2.45, 2.75) is 45.1 Å². The van der Waals surface area contributed by atoms with Crippen molar-refractivity contribution in [3.63, 3.8) is 0 Å². The Hall–Kier alpha value is -2.42. The number of nitrogens with one attached hydrogen (secondary N) is 2. The number of aryl methyl sites for hydroxylation is 1. The molecular weight excluding hydrogens is 308 g/mol. The number of hydrogen-bond donors (Lipinski definition) is 2. The summed E-state index contributed by atoms with van der Waals surface area (Å²) in [5.41, 5.74) is 3.69. The maximum absolute atomic E-state index is 5.84. The molecule has 2 N–H and O–H groups in total. The zero-order chi connectivity index (χ0) is 17.6. The molecule has 0 spiro atoms. The molecule has 1 aliphatic heterocycles. The monoisotopic (exact) mass is 336 g/mol. The molecule has 1 aliphatic rings. The fraction of sp³-hybridized carbons (Fsp3) is 0.364. The van der Waals surface area contributed by atoms with Gasteiger partial charge in [0.05, 0.1) is 12.4 Å². The molecule has 3 rings (SSSR count). The normalized spacial score (nSPS) is 15.4. The summed E-state index contributed by atoms with van der Waals surface area (Å²) in [5, 5.41) is 6.88. The number of hydrogen-bond acceptors (Lipinski definition) is 3. The summed E-state index contributed by atoms with van der Waals surface area (Å²) in [6.07, 6.45) is 3.26. The van der Waals surface area contributed by atoms with Crippen LogP contribution in [0.15, 0.2) is 60.9 Å². The molecule has 0 amide bonds. The molecule has 2 aromatic rings. The highest BCUT2D eigenvalue weighted by Crippen LogP contribution is 2.31. The molecule has 0 aliphatic carbocycles. The van der Waals surface area contributed by atoms with Crippen molar-refractivity contribution in [3.05, 3.63) is 72.1 Å². The van der Waals surface area contributed by atoms with Crippen LogP contribution in [-0.2, 0) is 6.42 Å². The highest BCUT2D eigenvalue weighted by molar-refractivity contribution is 5.47. The molecule has 2 atom stereocenters. The molecule has 0 saturated heterocycles. The third kappa shape index (κ3) is 4.36. The molecule has 25 heavy (non-hydrogen) atoms. The van der Waals surface area contributed by atoms with Crippen molar-refractivity contribution in [1.82, 2.24) is 5.32 Å². The van der Waals surface area contributed by atoms with Crippen LogP contribution in [-0.4, -0.2) is 12.6 Å². The largest absolute Gasteiger partial charge is 0.493 e. The average molecular weight is 336 g/mol. The smallest absolute Gasteiger partial charge is 0.122 e. The molecule has 0 fully saturated rings. The van der Waals surface area contributed by atoms with Gasteiger partial charge in [-0.25, -0.2) is 0 Å². The second-order valence-electron chi connectivity index (χ2n) is 6.74. The number of benzene rings is 2. The summed E-state index contributed by atoms with van der Waals surface area (Å²) in [6, 6.07) is 17.1. The second-order valence-corrected chi connectivity index (χ2v) is 6.74. The van der Waals surface area contributed by atoms with E-state index in [-0.39, 0.29) is 0 Å². The number of fused-ring (bicyclic) bond motifs is 1. The van der Waals surface area contributed by atoms with E-state index in [0.717, 1.165) is 43.1 Å². The van der Waals surface area contributed by atoms with Crippen molar-refractivity contribution < 1.29 is 4.74 Å². The molecule has 2 unspecified atom stereocenters. The summed E-state index contributed by atoms with van der Waals surface area (Å²) in [4.78, 5) is 0. The second kappa shape index (κ2) is 8.11. The Morgan fingerprint density at radius 2 is 2.00 bits per heavy atom. The van der Waals surface area contributed by atoms with Crippen LogP contribution in [0.25, 0.3) is 0 Å². The van der Waals surface area contributed by atoms with E-state index in [4.69, 9.17) is 4.74 Å². The Balaban J connectivity index is 1.66. The zero-order valence-corrected chi connectivity index (χ0v) is 15.2. The van der Waals surface area contributed by atoms with Crippen molar-refractivity contribution >= 4 is 5.69 Å². The molecular formula is C22H28N2O. The topological polar surface area (TPSA) is 33.3 Å². The first-order valence-electron chi connectivity index (χ1n) is 9.20. The number of ether oxygens (including phenoxy) is 1. The van der Waals surface area contributed by atoms with E-state index in [2.05, 4.69) is 49.3 Å². The number of rotatable bonds is 7. The summed E-state index contributed by atoms with van der Waals surface area (Å²) >= 11 is 0. The van der Waals surface area contributed by atoms with Gasteiger partial charge in [-0.3, -0.25) is 0 Å². The molecule has 0 aromatic heterocycles. The third-order valence-electron chi connectivity index (χ3n) is 4.94. The fourth-order valence-corrected chi connectivity index (χ4v) is 3.41. The van der Waals surface area contributed by atoms with E-state index < -0.39 is 0 Å². The van der Waals surface area contributed by atoms with Crippen LogP contribution in [0.4, 0.5) is 5.69 Å². The maximum atomic E-state index is 5.84. The summed E-state index contributed by atoms with van der Waals surface area (Å²) in [6.45, 7) is 9.44. The summed E-state index contributed by atoms with van der Waals surface area (Å²) in [5.74, 6) is 2.26. The summed E-state index contributed by atoms with van der Waals surface area (Å²) in [7, 11) is 0. The molecule has 132 valence electrons. The Kier molecular flexibility index (Phi) is 5.64. The zero-order valence-electron chi connectivity index (χ0n) is 15.2. The molecule has 3 nitrogen and oxygen atoms in total. The molecule has 3 heteroatoms. The van der Waals surface area contributed by atoms with Crippen molar-refractivity contribution in [2.75, 3.05) is 11.9 Å². The fourth-order valence-electron chi connectivity index (χ4n) is 3.41. The van der Waals surface area contributed by atoms with Gasteiger partial charge in [0.15, 0.2) is 0 Å². The van der Waals surface area contributed by atoms with E-state index >= 15 is 0 Å². The minimum absolute atomic E-state index is 0.311. The quantitative estimate of drug-likeness (QED) is 0.741. The van der Waals surface area contributed by atoms with Crippen LogP contribution in [0, 0.1) is 0 Å². The Bertz CT molecular complexity index is 711. The van der Waals surface area contributed by atoms with Crippen molar-refractivity contribution in [1.29, 1.82) is 0 Å². The van der Waals surface area contributed by atoms with Crippen LogP contribution in [0.3, 0.4) is 0 Å². The lowest BCUT2D eigenvalue weighted by atomic mass is 9.90. The van der Waals surface area contributed by atoms with E-state index in [1.165, 1.54) is 11.1 Å². The van der Waals surface area contributed by atoms with Crippen LogP contribution < -0.4 is 15.4 Å². The Morgan fingerprint density at radius 3 is 2.76 bits per heavy atom. The molecule has 0 saturated carbocycles. The first-order chi connectivity index (χ1) is 12.2.